The zero-order valence-electron chi connectivity index (χ0n) is 22.9. The Bertz CT molecular complexity index is 1450. The summed E-state index contributed by atoms with van der Waals surface area (Å²) in [6.07, 6.45) is -1.87. The SMILES string of the molecule is COc1ccc([C@@H]2C(C#N)=C(N)N(c3ccccc3C(F)(F)F)C3=C2C(=O)CC(C)(C)C3)cc1CN1CCCC1. The van der Waals surface area contributed by atoms with E-state index in [4.69, 9.17) is 10.5 Å². The van der Waals surface area contributed by atoms with E-state index in [0.29, 0.717) is 35.5 Å². The van der Waals surface area contributed by atoms with Gasteiger partial charge < -0.3 is 10.5 Å². The van der Waals surface area contributed by atoms with Gasteiger partial charge in [-0.15, -0.1) is 0 Å². The summed E-state index contributed by atoms with van der Waals surface area (Å²) in [5.41, 5.74) is 7.45. The number of methoxy groups -OCH3 is 1. The second-order valence-electron chi connectivity index (χ2n) is 11.5. The Labute approximate surface area is 232 Å². The van der Waals surface area contributed by atoms with E-state index in [1.807, 2.05) is 32.0 Å². The molecule has 0 unspecified atom stereocenters. The highest BCUT2D eigenvalue weighted by Gasteiger charge is 2.46. The van der Waals surface area contributed by atoms with Crippen molar-refractivity contribution in [1.82, 2.24) is 4.90 Å². The molecule has 0 radical (unpaired) electrons. The number of carbonyl (C=O) groups is 1. The molecule has 0 bridgehead atoms. The van der Waals surface area contributed by atoms with Crippen molar-refractivity contribution in [1.29, 1.82) is 5.26 Å². The van der Waals surface area contributed by atoms with Crippen LogP contribution in [-0.4, -0.2) is 30.9 Å². The monoisotopic (exact) mass is 550 g/mol. The second-order valence-corrected chi connectivity index (χ2v) is 11.5. The van der Waals surface area contributed by atoms with Gasteiger partial charge in [-0.25, -0.2) is 0 Å². The lowest BCUT2D eigenvalue weighted by atomic mass is 9.68. The highest BCUT2D eigenvalue weighted by atomic mass is 19.4. The Morgan fingerprint density at radius 1 is 1.12 bits per heavy atom. The molecule has 2 N–H and O–H groups in total. The summed E-state index contributed by atoms with van der Waals surface area (Å²) >= 11 is 0. The van der Waals surface area contributed by atoms with Crippen LogP contribution in [0, 0.1) is 16.7 Å². The summed E-state index contributed by atoms with van der Waals surface area (Å²) in [5, 5.41) is 10.4. The number of ketones is 1. The van der Waals surface area contributed by atoms with Crippen LogP contribution in [0.3, 0.4) is 0 Å². The van der Waals surface area contributed by atoms with Crippen LogP contribution in [0.2, 0.25) is 0 Å². The number of ether oxygens (including phenoxy) is 1. The molecule has 1 atom stereocenters. The molecule has 3 aliphatic rings. The van der Waals surface area contributed by atoms with Crippen LogP contribution in [0.25, 0.3) is 0 Å². The normalized spacial score (nSPS) is 21.5. The van der Waals surface area contributed by atoms with Crippen molar-refractivity contribution in [3.8, 4) is 11.8 Å². The van der Waals surface area contributed by atoms with E-state index in [1.165, 1.54) is 23.1 Å². The van der Waals surface area contributed by atoms with Gasteiger partial charge in [0.05, 0.1) is 35.9 Å². The zero-order valence-corrected chi connectivity index (χ0v) is 22.9. The number of alkyl halides is 3. The quantitative estimate of drug-likeness (QED) is 0.474. The average molecular weight is 551 g/mol. The lowest BCUT2D eigenvalue weighted by molar-refractivity contribution is -0.137. The van der Waals surface area contributed by atoms with E-state index in [9.17, 15) is 23.2 Å². The molecule has 2 aromatic rings. The maximum Gasteiger partial charge on any atom is 0.418 e. The Kier molecular flexibility index (Phi) is 7.17. The first-order chi connectivity index (χ1) is 18.9. The minimum Gasteiger partial charge on any atom is -0.496 e. The summed E-state index contributed by atoms with van der Waals surface area (Å²) in [6, 6.07) is 12.9. The maximum absolute atomic E-state index is 14.1. The van der Waals surface area contributed by atoms with Gasteiger partial charge in [0.1, 0.15) is 11.6 Å². The van der Waals surface area contributed by atoms with Gasteiger partial charge in [0.15, 0.2) is 5.78 Å². The molecule has 0 saturated carbocycles. The second kappa shape index (κ2) is 10.3. The molecule has 2 aromatic carbocycles. The lowest BCUT2D eigenvalue weighted by Gasteiger charge is -2.44. The third-order valence-corrected chi connectivity index (χ3v) is 8.06. The average Bonchev–Trinajstić information content (AvgIpc) is 3.40. The first kappa shape index (κ1) is 27.8. The fourth-order valence-corrected chi connectivity index (χ4v) is 6.31. The van der Waals surface area contributed by atoms with Gasteiger partial charge in [-0.2, -0.15) is 18.4 Å². The van der Waals surface area contributed by atoms with Crippen LogP contribution < -0.4 is 15.4 Å². The number of nitriles is 1. The van der Waals surface area contributed by atoms with Crippen molar-refractivity contribution < 1.29 is 22.7 Å². The molecule has 0 aromatic heterocycles. The standard InChI is InChI=1S/C31H33F3N4O2/c1-30(2)15-24-28(25(39)16-30)27(19-10-11-26(40-3)20(14-19)18-37-12-6-7-13-37)21(17-35)29(36)38(24)23-9-5-4-8-22(23)31(32,33)34/h4-5,8-11,14,27H,6-7,12-13,15-16,18,36H2,1-3H3/t27-/m1/s1. The number of nitrogens with zero attached hydrogens (tertiary/aromatic N) is 3. The fraction of sp³-hybridized carbons (Fsp3) is 0.419. The van der Waals surface area contributed by atoms with Gasteiger partial charge in [-0.05, 0) is 67.6 Å². The number of benzene rings is 2. The van der Waals surface area contributed by atoms with E-state index >= 15 is 0 Å². The summed E-state index contributed by atoms with van der Waals surface area (Å²) in [6.45, 7) is 6.44. The van der Waals surface area contributed by atoms with E-state index < -0.39 is 23.1 Å². The number of likely N-dealkylation sites (tertiary alicyclic amines) is 1. The van der Waals surface area contributed by atoms with Crippen LogP contribution >= 0.6 is 0 Å². The first-order valence-corrected chi connectivity index (χ1v) is 13.5. The molecular formula is C31H33F3N4O2. The highest BCUT2D eigenvalue weighted by molar-refractivity contribution is 6.01. The van der Waals surface area contributed by atoms with Gasteiger partial charge in [-0.3, -0.25) is 14.6 Å². The predicted molar refractivity (Wildman–Crippen MR) is 146 cm³/mol. The third-order valence-electron chi connectivity index (χ3n) is 8.06. The zero-order chi connectivity index (χ0) is 28.8. The Hall–Kier alpha value is -3.77. The number of halogens is 3. The molecule has 6 nitrogen and oxygen atoms in total. The van der Waals surface area contributed by atoms with Crippen molar-refractivity contribution in [3.63, 3.8) is 0 Å². The molecule has 1 saturated heterocycles. The molecule has 2 heterocycles. The van der Waals surface area contributed by atoms with E-state index in [1.54, 1.807) is 7.11 Å². The maximum atomic E-state index is 14.1. The van der Waals surface area contributed by atoms with Gasteiger partial charge >= 0.3 is 6.18 Å². The summed E-state index contributed by atoms with van der Waals surface area (Å²) in [7, 11) is 1.60. The van der Waals surface area contributed by atoms with Crippen molar-refractivity contribution in [3.05, 3.63) is 81.8 Å². The van der Waals surface area contributed by atoms with Crippen LogP contribution in [0.5, 0.6) is 5.75 Å². The number of nitrogens with two attached hydrogens (primary N) is 1. The van der Waals surface area contributed by atoms with Crippen LogP contribution in [0.15, 0.2) is 65.1 Å². The molecule has 0 amide bonds. The molecule has 2 aliphatic heterocycles. The van der Waals surface area contributed by atoms with E-state index in [2.05, 4.69) is 11.0 Å². The van der Waals surface area contributed by atoms with Gasteiger partial charge in [-0.1, -0.05) is 32.0 Å². The predicted octanol–water partition coefficient (Wildman–Crippen LogP) is 6.25. The number of rotatable bonds is 5. The number of anilines is 1. The van der Waals surface area contributed by atoms with Crippen LogP contribution in [0.4, 0.5) is 18.9 Å². The fourth-order valence-electron chi connectivity index (χ4n) is 6.31. The van der Waals surface area contributed by atoms with E-state index in [-0.39, 0.29) is 29.3 Å². The van der Waals surface area contributed by atoms with Crippen molar-refractivity contribution in [2.75, 3.05) is 25.1 Å². The number of para-hydroxylation sites is 1. The topological polar surface area (TPSA) is 82.6 Å². The smallest absolute Gasteiger partial charge is 0.418 e. The minimum absolute atomic E-state index is 0.0565. The van der Waals surface area contributed by atoms with E-state index in [0.717, 1.165) is 37.6 Å². The summed E-state index contributed by atoms with van der Waals surface area (Å²) in [5.74, 6) is -0.373. The number of allylic oxidation sites excluding steroid dienone is 3. The molecule has 0 spiro atoms. The van der Waals surface area contributed by atoms with Gasteiger partial charge in [0.2, 0.25) is 0 Å². The van der Waals surface area contributed by atoms with Crippen LogP contribution in [-0.2, 0) is 17.5 Å². The Balaban J connectivity index is 1.72. The lowest BCUT2D eigenvalue weighted by Crippen LogP contribution is -2.42. The van der Waals surface area contributed by atoms with Crippen molar-refractivity contribution in [2.45, 2.75) is 58.2 Å². The summed E-state index contributed by atoms with van der Waals surface area (Å²) < 4.78 is 48.0. The molecule has 210 valence electrons. The van der Waals surface area contributed by atoms with Crippen LogP contribution in [0.1, 0.15) is 62.1 Å². The highest BCUT2D eigenvalue weighted by Crippen LogP contribution is 2.52. The van der Waals surface area contributed by atoms with Gasteiger partial charge in [0, 0.05) is 29.8 Å². The number of hydrogen-bond acceptors (Lipinski definition) is 6. The number of hydrogen-bond donors (Lipinski definition) is 1. The molecule has 1 fully saturated rings. The number of Topliss-reactive ketones (excluding diaryl/α,β-unsaturated/α-hetero) is 1. The van der Waals surface area contributed by atoms with Crippen molar-refractivity contribution in [2.24, 2.45) is 11.1 Å². The van der Waals surface area contributed by atoms with Crippen molar-refractivity contribution >= 4 is 11.5 Å². The third kappa shape index (κ3) is 4.97. The number of carbonyl (C=O) groups excluding carboxylic acids is 1. The summed E-state index contributed by atoms with van der Waals surface area (Å²) in [4.78, 5) is 17.4. The Morgan fingerprint density at radius 3 is 2.48 bits per heavy atom. The Morgan fingerprint density at radius 2 is 1.82 bits per heavy atom. The largest absolute Gasteiger partial charge is 0.496 e. The molecular weight excluding hydrogens is 517 g/mol. The molecule has 9 heteroatoms. The van der Waals surface area contributed by atoms with Gasteiger partial charge in [0.25, 0.3) is 0 Å². The first-order valence-electron chi connectivity index (χ1n) is 13.5. The minimum atomic E-state index is -4.66. The molecule has 1 aliphatic carbocycles. The molecule has 5 rings (SSSR count). The molecule has 40 heavy (non-hydrogen) atoms.